The Balaban J connectivity index is 2.13. The number of hydrogen-bond acceptors (Lipinski definition) is 4. The molecule has 0 aliphatic rings. The van der Waals surface area contributed by atoms with Gasteiger partial charge in [-0.15, -0.1) is 11.3 Å². The molecule has 0 unspecified atom stereocenters. The fourth-order valence-electron chi connectivity index (χ4n) is 1.50. The van der Waals surface area contributed by atoms with Gasteiger partial charge in [-0.2, -0.15) is 0 Å². The van der Waals surface area contributed by atoms with E-state index in [1.54, 1.807) is 24.3 Å². The van der Waals surface area contributed by atoms with E-state index in [0.29, 0.717) is 15.6 Å². The Morgan fingerprint density at radius 2 is 1.95 bits per heavy atom. The molecule has 1 aromatic heterocycles. The first-order valence-electron chi connectivity index (χ1n) is 5.96. The highest BCUT2D eigenvalue weighted by atomic mass is 35.5. The average molecular weight is 308 g/mol. The Morgan fingerprint density at radius 1 is 1.25 bits per heavy atom. The van der Waals surface area contributed by atoms with Crippen molar-refractivity contribution in [3.8, 4) is 5.75 Å². The van der Waals surface area contributed by atoms with Gasteiger partial charge in [0.25, 0.3) is 0 Å². The minimum absolute atomic E-state index is 0.360. The Morgan fingerprint density at radius 3 is 2.60 bits per heavy atom. The topological polar surface area (TPSA) is 29.5 Å². The Hall–Kier alpha value is -1.78. The molecule has 0 saturated heterocycles. The molecule has 2 aromatic rings. The number of carbonyl (C=O) groups is 1. The number of carbonyl (C=O) groups excluding carboxylic acids is 1. The van der Waals surface area contributed by atoms with Gasteiger partial charge < -0.3 is 9.64 Å². The van der Waals surface area contributed by atoms with Crippen molar-refractivity contribution in [1.29, 1.82) is 0 Å². The summed E-state index contributed by atoms with van der Waals surface area (Å²) in [7, 11) is 3.85. The third-order valence-electron chi connectivity index (χ3n) is 2.46. The summed E-state index contributed by atoms with van der Waals surface area (Å²) in [5.41, 5.74) is 0.850. The summed E-state index contributed by atoms with van der Waals surface area (Å²) in [5, 5.41) is 2.48. The van der Waals surface area contributed by atoms with Gasteiger partial charge in [0, 0.05) is 24.7 Å². The number of hydrogen-bond donors (Lipinski definition) is 0. The summed E-state index contributed by atoms with van der Waals surface area (Å²) in [6, 6.07) is 8.60. The van der Waals surface area contributed by atoms with Crippen molar-refractivity contribution in [2.45, 2.75) is 0 Å². The molecule has 0 saturated carbocycles. The van der Waals surface area contributed by atoms with Crippen molar-refractivity contribution in [3.05, 3.63) is 57.4 Å². The van der Waals surface area contributed by atoms with E-state index >= 15 is 0 Å². The van der Waals surface area contributed by atoms with Crippen LogP contribution in [0.5, 0.6) is 5.75 Å². The van der Waals surface area contributed by atoms with E-state index in [1.807, 2.05) is 42.7 Å². The van der Waals surface area contributed by atoms with Crippen LogP contribution < -0.4 is 4.74 Å². The van der Waals surface area contributed by atoms with Gasteiger partial charge in [-0.1, -0.05) is 11.6 Å². The zero-order valence-electron chi connectivity index (χ0n) is 11.2. The standard InChI is InChI=1S/C15H14ClNO2S/c1-17(2)9-7-11-8-10-20-14(11)15(18)19-13-5-3-12(16)4-6-13/h3-10H,1-2H3. The summed E-state index contributed by atoms with van der Waals surface area (Å²) in [5.74, 6) is 0.121. The van der Waals surface area contributed by atoms with Gasteiger partial charge in [-0.25, -0.2) is 4.79 Å². The maximum absolute atomic E-state index is 12.1. The van der Waals surface area contributed by atoms with Crippen LogP contribution in [-0.2, 0) is 0 Å². The molecule has 0 atom stereocenters. The van der Waals surface area contributed by atoms with Crippen molar-refractivity contribution in [1.82, 2.24) is 4.90 Å². The van der Waals surface area contributed by atoms with Crippen molar-refractivity contribution in [3.63, 3.8) is 0 Å². The molecule has 0 fully saturated rings. The number of esters is 1. The number of rotatable bonds is 4. The van der Waals surface area contributed by atoms with Crippen molar-refractivity contribution >= 4 is 35.0 Å². The van der Waals surface area contributed by atoms with Crippen LogP contribution in [0.15, 0.2) is 41.9 Å². The molecular formula is C15H14ClNO2S. The summed E-state index contributed by atoms with van der Waals surface area (Å²) in [6.45, 7) is 0. The van der Waals surface area contributed by atoms with Crippen LogP contribution in [0, 0.1) is 0 Å². The second kappa shape index (κ2) is 6.59. The molecule has 0 bridgehead atoms. The van der Waals surface area contributed by atoms with Gasteiger partial charge in [-0.05, 0) is 48.0 Å². The van der Waals surface area contributed by atoms with Crippen molar-refractivity contribution in [2.75, 3.05) is 14.1 Å². The van der Waals surface area contributed by atoms with Crippen LogP contribution in [-0.4, -0.2) is 25.0 Å². The quantitative estimate of drug-likeness (QED) is 0.627. The van der Waals surface area contributed by atoms with E-state index in [0.717, 1.165) is 5.56 Å². The molecular weight excluding hydrogens is 294 g/mol. The predicted molar refractivity (Wildman–Crippen MR) is 83.5 cm³/mol. The first-order chi connectivity index (χ1) is 9.56. The Kier molecular flexibility index (Phi) is 4.82. The van der Waals surface area contributed by atoms with Crippen molar-refractivity contribution < 1.29 is 9.53 Å². The summed E-state index contributed by atoms with van der Waals surface area (Å²) in [6.07, 6.45) is 3.77. The lowest BCUT2D eigenvalue weighted by Crippen LogP contribution is -2.08. The zero-order chi connectivity index (χ0) is 14.5. The minimum Gasteiger partial charge on any atom is -0.422 e. The number of halogens is 1. The molecule has 2 rings (SSSR count). The molecule has 0 amide bonds. The smallest absolute Gasteiger partial charge is 0.354 e. The lowest BCUT2D eigenvalue weighted by Gasteiger charge is -2.05. The summed E-state index contributed by atoms with van der Waals surface area (Å²) < 4.78 is 5.33. The predicted octanol–water partition coefficient (Wildman–Crippen LogP) is 4.15. The third kappa shape index (κ3) is 3.85. The van der Waals surface area contributed by atoms with E-state index in [-0.39, 0.29) is 5.97 Å². The highest BCUT2D eigenvalue weighted by molar-refractivity contribution is 7.12. The number of nitrogens with zero attached hydrogens (tertiary/aromatic N) is 1. The molecule has 0 radical (unpaired) electrons. The Labute approximate surface area is 127 Å². The van der Waals surface area contributed by atoms with Crippen LogP contribution in [0.1, 0.15) is 15.2 Å². The average Bonchev–Trinajstić information content (AvgIpc) is 2.87. The van der Waals surface area contributed by atoms with Gasteiger partial charge in [0.15, 0.2) is 0 Å². The zero-order valence-corrected chi connectivity index (χ0v) is 12.7. The molecule has 104 valence electrons. The molecule has 20 heavy (non-hydrogen) atoms. The van der Waals surface area contributed by atoms with Gasteiger partial charge in [-0.3, -0.25) is 0 Å². The lowest BCUT2D eigenvalue weighted by molar-refractivity contribution is 0.0739. The number of thiophene rings is 1. The first kappa shape index (κ1) is 14.6. The summed E-state index contributed by atoms with van der Waals surface area (Å²) in [4.78, 5) is 14.6. The molecule has 1 aromatic carbocycles. The van der Waals surface area contributed by atoms with E-state index in [2.05, 4.69) is 0 Å². The van der Waals surface area contributed by atoms with Crippen LogP contribution in [0.2, 0.25) is 5.02 Å². The van der Waals surface area contributed by atoms with Crippen LogP contribution in [0.25, 0.3) is 6.08 Å². The molecule has 5 heteroatoms. The van der Waals surface area contributed by atoms with Crippen molar-refractivity contribution in [2.24, 2.45) is 0 Å². The second-order valence-electron chi connectivity index (χ2n) is 4.33. The second-order valence-corrected chi connectivity index (χ2v) is 5.68. The molecule has 0 aliphatic heterocycles. The lowest BCUT2D eigenvalue weighted by atomic mass is 10.2. The van der Waals surface area contributed by atoms with E-state index < -0.39 is 0 Å². The van der Waals surface area contributed by atoms with Gasteiger partial charge in [0.1, 0.15) is 10.6 Å². The first-order valence-corrected chi connectivity index (χ1v) is 7.22. The fraction of sp³-hybridized carbons (Fsp3) is 0.133. The monoisotopic (exact) mass is 307 g/mol. The van der Waals surface area contributed by atoms with Crippen LogP contribution >= 0.6 is 22.9 Å². The normalized spacial score (nSPS) is 10.8. The van der Waals surface area contributed by atoms with E-state index in [4.69, 9.17) is 16.3 Å². The summed E-state index contributed by atoms with van der Waals surface area (Å²) >= 11 is 7.15. The Bertz CT molecular complexity index is 617. The molecule has 0 aliphatic carbocycles. The van der Waals surface area contributed by atoms with Gasteiger partial charge in [0.2, 0.25) is 0 Å². The van der Waals surface area contributed by atoms with Gasteiger partial charge >= 0.3 is 5.97 Å². The van der Waals surface area contributed by atoms with E-state index in [9.17, 15) is 4.79 Å². The van der Waals surface area contributed by atoms with Crippen LogP contribution in [0.4, 0.5) is 0 Å². The fourth-order valence-corrected chi connectivity index (χ4v) is 2.39. The maximum atomic E-state index is 12.1. The van der Waals surface area contributed by atoms with Crippen LogP contribution in [0.3, 0.4) is 0 Å². The molecule has 1 heterocycles. The highest BCUT2D eigenvalue weighted by Crippen LogP contribution is 2.22. The number of benzene rings is 1. The van der Waals surface area contributed by atoms with Gasteiger partial charge in [0.05, 0.1) is 0 Å². The molecule has 0 spiro atoms. The SMILES string of the molecule is CN(C)C=Cc1ccsc1C(=O)Oc1ccc(Cl)cc1. The third-order valence-corrected chi connectivity index (χ3v) is 3.62. The molecule has 3 nitrogen and oxygen atoms in total. The number of ether oxygens (including phenoxy) is 1. The molecule has 0 N–H and O–H groups in total. The largest absolute Gasteiger partial charge is 0.422 e. The minimum atomic E-state index is -0.360. The van der Waals surface area contributed by atoms with E-state index in [1.165, 1.54) is 11.3 Å². The maximum Gasteiger partial charge on any atom is 0.354 e. The highest BCUT2D eigenvalue weighted by Gasteiger charge is 2.14.